The van der Waals surface area contributed by atoms with Gasteiger partial charge in [0, 0.05) is 11.8 Å². The van der Waals surface area contributed by atoms with Crippen LogP contribution in [0.5, 0.6) is 5.75 Å². The molecule has 0 aliphatic heterocycles. The Hall–Kier alpha value is -3.20. The summed E-state index contributed by atoms with van der Waals surface area (Å²) in [6.07, 6.45) is 0. The Morgan fingerprint density at radius 2 is 1.70 bits per heavy atom. The number of rotatable bonds is 5. The monoisotopic (exact) mass is 337 g/mol. The average molecular weight is 338 g/mol. The highest BCUT2D eigenvalue weighted by Gasteiger charge is 2.34. The SMILES string of the molecule is O=C(Nc1ccccc1)c1ccc([N+](=O)[O-])c([N+](=O)[O-])c1OCl. The molecule has 118 valence electrons. The van der Waals surface area contributed by atoms with Crippen LogP contribution in [0.1, 0.15) is 10.4 Å². The first kappa shape index (κ1) is 16.2. The molecule has 0 fully saturated rings. The molecule has 2 aromatic rings. The van der Waals surface area contributed by atoms with Gasteiger partial charge in [0.25, 0.3) is 5.91 Å². The van der Waals surface area contributed by atoms with Gasteiger partial charge in [-0.25, -0.2) is 0 Å². The molecule has 23 heavy (non-hydrogen) atoms. The highest BCUT2D eigenvalue weighted by atomic mass is 35.5. The minimum absolute atomic E-state index is 0.304. The van der Waals surface area contributed by atoms with E-state index in [2.05, 4.69) is 9.61 Å². The molecule has 0 atom stereocenters. The zero-order chi connectivity index (χ0) is 17.0. The van der Waals surface area contributed by atoms with Gasteiger partial charge in [-0.15, -0.1) is 0 Å². The zero-order valence-corrected chi connectivity index (χ0v) is 12.0. The van der Waals surface area contributed by atoms with Gasteiger partial charge in [0.05, 0.1) is 15.4 Å². The lowest BCUT2D eigenvalue weighted by Gasteiger charge is -2.08. The quantitative estimate of drug-likeness (QED) is 0.659. The third-order valence-corrected chi connectivity index (χ3v) is 3.00. The fraction of sp³-hybridized carbons (Fsp3) is 0. The molecule has 1 N–H and O–H groups in total. The Morgan fingerprint density at radius 1 is 1.04 bits per heavy atom. The van der Waals surface area contributed by atoms with Crippen molar-refractivity contribution in [1.82, 2.24) is 0 Å². The van der Waals surface area contributed by atoms with Crippen molar-refractivity contribution >= 4 is 34.8 Å². The van der Waals surface area contributed by atoms with Crippen LogP contribution in [0, 0.1) is 20.2 Å². The van der Waals surface area contributed by atoms with Crippen molar-refractivity contribution in [2.24, 2.45) is 0 Å². The third-order valence-electron chi connectivity index (χ3n) is 2.84. The second kappa shape index (κ2) is 6.71. The maximum atomic E-state index is 12.2. The number of benzene rings is 2. The van der Waals surface area contributed by atoms with E-state index in [4.69, 9.17) is 11.9 Å². The molecular weight excluding hydrogens is 330 g/mol. The zero-order valence-electron chi connectivity index (χ0n) is 11.3. The Bertz CT molecular complexity index is 781. The molecule has 0 aliphatic rings. The van der Waals surface area contributed by atoms with Gasteiger partial charge in [0.1, 0.15) is 11.9 Å². The number of para-hydroxylation sites is 1. The number of anilines is 1. The van der Waals surface area contributed by atoms with Crippen molar-refractivity contribution in [3.05, 3.63) is 68.3 Å². The van der Waals surface area contributed by atoms with Crippen LogP contribution in [-0.4, -0.2) is 15.8 Å². The molecule has 0 unspecified atom stereocenters. The van der Waals surface area contributed by atoms with Gasteiger partial charge in [0.2, 0.25) is 5.75 Å². The van der Waals surface area contributed by atoms with Gasteiger partial charge in [-0.3, -0.25) is 25.0 Å². The largest absolute Gasteiger partial charge is 0.390 e. The van der Waals surface area contributed by atoms with E-state index in [0.29, 0.717) is 5.69 Å². The molecule has 1 amide bonds. The summed E-state index contributed by atoms with van der Waals surface area (Å²) in [7, 11) is 0. The highest BCUT2D eigenvalue weighted by Crippen LogP contribution is 2.40. The summed E-state index contributed by atoms with van der Waals surface area (Å²) < 4.78 is 4.35. The molecule has 0 saturated heterocycles. The minimum atomic E-state index is -1.03. The van der Waals surface area contributed by atoms with Crippen LogP contribution in [0.2, 0.25) is 0 Å². The van der Waals surface area contributed by atoms with Crippen molar-refractivity contribution in [2.45, 2.75) is 0 Å². The number of carbonyl (C=O) groups excluding carboxylic acids is 1. The number of hydrogen-bond acceptors (Lipinski definition) is 6. The first-order chi connectivity index (χ1) is 11.0. The number of nitrogens with one attached hydrogen (secondary N) is 1. The summed E-state index contributed by atoms with van der Waals surface area (Å²) in [4.78, 5) is 32.2. The van der Waals surface area contributed by atoms with E-state index in [1.165, 1.54) is 0 Å². The number of carbonyl (C=O) groups is 1. The van der Waals surface area contributed by atoms with E-state index in [9.17, 15) is 25.0 Å². The van der Waals surface area contributed by atoms with Gasteiger partial charge in [-0.2, -0.15) is 0 Å². The number of nitro benzene ring substituents is 2. The predicted octanol–water partition coefficient (Wildman–Crippen LogP) is 3.29. The number of nitrogens with zero attached hydrogens (tertiary/aromatic N) is 2. The molecule has 2 aromatic carbocycles. The van der Waals surface area contributed by atoms with E-state index in [0.717, 1.165) is 12.1 Å². The predicted molar refractivity (Wildman–Crippen MR) is 80.6 cm³/mol. The van der Waals surface area contributed by atoms with E-state index in [-0.39, 0.29) is 5.56 Å². The Morgan fingerprint density at radius 3 is 2.22 bits per heavy atom. The lowest BCUT2D eigenvalue weighted by Crippen LogP contribution is -2.14. The lowest BCUT2D eigenvalue weighted by molar-refractivity contribution is -0.422. The summed E-state index contributed by atoms with van der Waals surface area (Å²) in [5.74, 6) is -1.45. The summed E-state index contributed by atoms with van der Waals surface area (Å²) in [6.45, 7) is 0. The molecule has 0 bridgehead atoms. The Kier molecular flexibility index (Phi) is 4.72. The summed E-state index contributed by atoms with van der Waals surface area (Å²) in [5, 5.41) is 24.4. The maximum absolute atomic E-state index is 12.2. The maximum Gasteiger partial charge on any atom is 0.390 e. The van der Waals surface area contributed by atoms with E-state index < -0.39 is 32.9 Å². The molecule has 2 rings (SSSR count). The molecule has 0 aliphatic carbocycles. The van der Waals surface area contributed by atoms with Crippen LogP contribution >= 0.6 is 11.9 Å². The van der Waals surface area contributed by atoms with Crippen LogP contribution in [0.15, 0.2) is 42.5 Å². The van der Waals surface area contributed by atoms with Gasteiger partial charge in [-0.05, 0) is 18.2 Å². The number of halogens is 1. The fourth-order valence-corrected chi connectivity index (χ4v) is 2.02. The lowest BCUT2D eigenvalue weighted by atomic mass is 10.1. The van der Waals surface area contributed by atoms with Crippen LogP contribution in [0.4, 0.5) is 17.1 Å². The summed E-state index contributed by atoms with van der Waals surface area (Å²) in [6, 6.07) is 10.1. The topological polar surface area (TPSA) is 125 Å². The number of amides is 1. The van der Waals surface area contributed by atoms with Gasteiger partial charge >= 0.3 is 11.4 Å². The Labute approximate surface area is 133 Å². The summed E-state index contributed by atoms with van der Waals surface area (Å²) >= 11 is 5.20. The van der Waals surface area contributed by atoms with Gasteiger partial charge in [0.15, 0.2) is 0 Å². The van der Waals surface area contributed by atoms with Crippen LogP contribution in [-0.2, 0) is 0 Å². The highest BCUT2D eigenvalue weighted by molar-refractivity contribution is 6.13. The smallest absolute Gasteiger partial charge is 0.377 e. The van der Waals surface area contributed by atoms with Crippen molar-refractivity contribution in [3.8, 4) is 5.75 Å². The van der Waals surface area contributed by atoms with Crippen molar-refractivity contribution in [2.75, 3.05) is 5.32 Å². The normalized spacial score (nSPS) is 9.96. The Balaban J connectivity index is 2.50. The number of nitro groups is 2. The van der Waals surface area contributed by atoms with Crippen molar-refractivity contribution < 1.29 is 18.9 Å². The molecule has 0 saturated carbocycles. The second-order valence-electron chi connectivity index (χ2n) is 4.22. The molecule has 0 radical (unpaired) electrons. The molecule has 0 spiro atoms. The standard InChI is InChI=1S/C13H8ClN3O6/c14-23-12-9(13(18)15-8-4-2-1-3-5-8)6-7-10(16(19)20)11(12)17(21)22/h1-7H,(H,15,18). The van der Waals surface area contributed by atoms with Gasteiger partial charge < -0.3 is 9.61 Å². The minimum Gasteiger partial charge on any atom is -0.377 e. The van der Waals surface area contributed by atoms with Crippen molar-refractivity contribution in [1.29, 1.82) is 0 Å². The van der Waals surface area contributed by atoms with Crippen LogP contribution in [0.25, 0.3) is 0 Å². The van der Waals surface area contributed by atoms with E-state index in [1.54, 1.807) is 30.3 Å². The van der Waals surface area contributed by atoms with E-state index >= 15 is 0 Å². The molecule has 0 heterocycles. The van der Waals surface area contributed by atoms with Crippen molar-refractivity contribution in [3.63, 3.8) is 0 Å². The molecular formula is C13H8ClN3O6. The molecule has 10 heteroatoms. The third kappa shape index (κ3) is 3.35. The first-order valence-corrected chi connectivity index (χ1v) is 6.37. The average Bonchev–Trinajstić information content (AvgIpc) is 2.53. The fourth-order valence-electron chi connectivity index (χ4n) is 1.86. The number of hydrogen-bond donors (Lipinski definition) is 1. The second-order valence-corrected chi connectivity index (χ2v) is 4.38. The molecule has 0 aromatic heterocycles. The first-order valence-electron chi connectivity index (χ1n) is 6.06. The van der Waals surface area contributed by atoms with Crippen LogP contribution < -0.4 is 9.61 Å². The van der Waals surface area contributed by atoms with Gasteiger partial charge in [-0.1, -0.05) is 18.2 Å². The van der Waals surface area contributed by atoms with Crippen LogP contribution in [0.3, 0.4) is 0 Å². The summed E-state index contributed by atoms with van der Waals surface area (Å²) in [5.41, 5.74) is -1.70. The molecule has 9 nitrogen and oxygen atoms in total. The van der Waals surface area contributed by atoms with E-state index in [1.807, 2.05) is 0 Å².